The molecule has 0 radical (unpaired) electrons. The Labute approximate surface area is 56.4 Å². The maximum absolute atomic E-state index is 9.56. The van der Waals surface area contributed by atoms with Crippen LogP contribution in [0.5, 0.6) is 0 Å². The Morgan fingerprint density at radius 3 is 2.67 bits per heavy atom. The largest absolute Gasteiger partial charge is 0.386 e. The summed E-state index contributed by atoms with van der Waals surface area (Å²) < 4.78 is 0. The Morgan fingerprint density at radius 1 is 1.67 bits per heavy atom. The van der Waals surface area contributed by atoms with Crippen LogP contribution in [0.15, 0.2) is 12.2 Å². The molecule has 9 heavy (non-hydrogen) atoms. The molecule has 0 bridgehead atoms. The van der Waals surface area contributed by atoms with Gasteiger partial charge in [-0.2, -0.15) is 0 Å². The Balaban J connectivity index is 2.68. The maximum Gasteiger partial charge on any atom is 0.0825 e. The fraction of sp³-hybridized carbons (Fsp3) is 0.750. The summed E-state index contributed by atoms with van der Waals surface area (Å²) in [4.78, 5) is 0. The molecule has 0 amide bonds. The molecule has 0 aliphatic heterocycles. The molecule has 0 aromatic rings. The molecule has 2 unspecified atom stereocenters. The second kappa shape index (κ2) is 2.14. The fourth-order valence-corrected chi connectivity index (χ4v) is 1.12. The third-order valence-corrected chi connectivity index (χ3v) is 2.22. The highest BCUT2D eigenvalue weighted by atomic mass is 16.3. The molecular formula is C8H14O. The van der Waals surface area contributed by atoms with Gasteiger partial charge in [-0.3, -0.25) is 0 Å². The van der Waals surface area contributed by atoms with Gasteiger partial charge in [-0.1, -0.05) is 19.1 Å². The molecule has 0 saturated carbocycles. The smallest absolute Gasteiger partial charge is 0.0825 e. The van der Waals surface area contributed by atoms with Crippen LogP contribution < -0.4 is 0 Å². The van der Waals surface area contributed by atoms with Crippen molar-refractivity contribution >= 4 is 0 Å². The van der Waals surface area contributed by atoms with E-state index in [0.717, 1.165) is 12.8 Å². The van der Waals surface area contributed by atoms with E-state index in [1.165, 1.54) is 0 Å². The molecule has 0 fully saturated rings. The standard InChI is InChI=1S/C8H14O/c1-7-5-3-4-6-8(7,2)9/h4,6-7,9H,3,5H2,1-2H3. The molecule has 1 nitrogen and oxygen atoms in total. The Hall–Kier alpha value is -0.300. The van der Waals surface area contributed by atoms with Crippen molar-refractivity contribution in [1.29, 1.82) is 0 Å². The van der Waals surface area contributed by atoms with Crippen LogP contribution in [0.25, 0.3) is 0 Å². The van der Waals surface area contributed by atoms with E-state index < -0.39 is 5.60 Å². The average Bonchev–Trinajstić information content (AvgIpc) is 1.77. The highest BCUT2D eigenvalue weighted by Gasteiger charge is 2.26. The lowest BCUT2D eigenvalue weighted by atomic mass is 9.83. The van der Waals surface area contributed by atoms with Crippen LogP contribution in [0.1, 0.15) is 26.7 Å². The minimum Gasteiger partial charge on any atom is -0.386 e. The van der Waals surface area contributed by atoms with Crippen LogP contribution >= 0.6 is 0 Å². The van der Waals surface area contributed by atoms with Crippen LogP contribution in [0.2, 0.25) is 0 Å². The molecule has 1 heteroatoms. The van der Waals surface area contributed by atoms with Crippen LogP contribution in [0.4, 0.5) is 0 Å². The molecule has 1 aliphatic rings. The minimum absolute atomic E-state index is 0.419. The SMILES string of the molecule is CC1CCC=CC1(C)O. The van der Waals surface area contributed by atoms with E-state index in [2.05, 4.69) is 13.0 Å². The van der Waals surface area contributed by atoms with Gasteiger partial charge in [-0.25, -0.2) is 0 Å². The van der Waals surface area contributed by atoms with Crippen molar-refractivity contribution in [3.05, 3.63) is 12.2 Å². The van der Waals surface area contributed by atoms with Gasteiger partial charge in [0.1, 0.15) is 0 Å². The normalized spacial score (nSPS) is 43.2. The van der Waals surface area contributed by atoms with E-state index in [4.69, 9.17) is 0 Å². The first-order chi connectivity index (χ1) is 4.13. The summed E-state index contributed by atoms with van der Waals surface area (Å²) in [5, 5.41) is 9.56. The molecule has 0 heterocycles. The summed E-state index contributed by atoms with van der Waals surface area (Å²) in [5.41, 5.74) is -0.543. The van der Waals surface area contributed by atoms with Crippen molar-refractivity contribution in [3.63, 3.8) is 0 Å². The lowest BCUT2D eigenvalue weighted by molar-refractivity contribution is 0.0453. The van der Waals surface area contributed by atoms with Gasteiger partial charge in [-0.15, -0.1) is 0 Å². The van der Waals surface area contributed by atoms with Gasteiger partial charge in [0.25, 0.3) is 0 Å². The van der Waals surface area contributed by atoms with Crippen LogP contribution in [-0.4, -0.2) is 10.7 Å². The van der Waals surface area contributed by atoms with Gasteiger partial charge in [0.2, 0.25) is 0 Å². The molecule has 52 valence electrons. The summed E-state index contributed by atoms with van der Waals surface area (Å²) in [7, 11) is 0. The van der Waals surface area contributed by atoms with Gasteiger partial charge in [0, 0.05) is 0 Å². The molecule has 1 aliphatic carbocycles. The van der Waals surface area contributed by atoms with Gasteiger partial charge in [-0.05, 0) is 25.7 Å². The zero-order valence-electron chi connectivity index (χ0n) is 6.09. The summed E-state index contributed by atoms with van der Waals surface area (Å²) >= 11 is 0. The molecule has 0 saturated heterocycles. The maximum atomic E-state index is 9.56. The topological polar surface area (TPSA) is 20.2 Å². The van der Waals surface area contributed by atoms with Crippen LogP contribution in [-0.2, 0) is 0 Å². The zero-order chi connectivity index (χ0) is 6.91. The predicted octanol–water partition coefficient (Wildman–Crippen LogP) is 1.72. The third-order valence-electron chi connectivity index (χ3n) is 2.22. The quantitative estimate of drug-likeness (QED) is 0.490. The average molecular weight is 126 g/mol. The van der Waals surface area contributed by atoms with Crippen molar-refractivity contribution in [2.75, 3.05) is 0 Å². The third kappa shape index (κ3) is 1.33. The Bertz CT molecular complexity index is 125. The number of aliphatic hydroxyl groups is 1. The Morgan fingerprint density at radius 2 is 2.33 bits per heavy atom. The molecule has 2 atom stereocenters. The van der Waals surface area contributed by atoms with Crippen molar-refractivity contribution < 1.29 is 5.11 Å². The van der Waals surface area contributed by atoms with E-state index in [9.17, 15) is 5.11 Å². The molecule has 0 aromatic carbocycles. The Kier molecular flexibility index (Phi) is 1.62. The first-order valence-electron chi connectivity index (χ1n) is 3.53. The summed E-state index contributed by atoms with van der Waals surface area (Å²) in [6, 6.07) is 0. The van der Waals surface area contributed by atoms with Crippen LogP contribution in [0, 0.1) is 5.92 Å². The number of hydrogen-bond donors (Lipinski definition) is 1. The van der Waals surface area contributed by atoms with E-state index >= 15 is 0 Å². The van der Waals surface area contributed by atoms with Gasteiger partial charge in [0.15, 0.2) is 0 Å². The lowest BCUT2D eigenvalue weighted by Gasteiger charge is -2.29. The lowest BCUT2D eigenvalue weighted by Crippen LogP contribution is -2.31. The highest BCUT2D eigenvalue weighted by molar-refractivity contribution is 5.04. The van der Waals surface area contributed by atoms with E-state index in [1.807, 2.05) is 13.0 Å². The molecule has 1 rings (SSSR count). The number of allylic oxidation sites excluding steroid dienone is 1. The second-order valence-corrected chi connectivity index (χ2v) is 3.11. The van der Waals surface area contributed by atoms with Crippen molar-refractivity contribution in [2.24, 2.45) is 5.92 Å². The van der Waals surface area contributed by atoms with Gasteiger partial charge < -0.3 is 5.11 Å². The van der Waals surface area contributed by atoms with E-state index in [1.54, 1.807) is 0 Å². The van der Waals surface area contributed by atoms with E-state index in [0.29, 0.717) is 5.92 Å². The summed E-state index contributed by atoms with van der Waals surface area (Å²) in [5.74, 6) is 0.419. The van der Waals surface area contributed by atoms with Crippen molar-refractivity contribution in [1.82, 2.24) is 0 Å². The first-order valence-corrected chi connectivity index (χ1v) is 3.53. The highest BCUT2D eigenvalue weighted by Crippen LogP contribution is 2.27. The molecule has 0 aromatic heterocycles. The summed E-state index contributed by atoms with van der Waals surface area (Å²) in [6.45, 7) is 3.96. The van der Waals surface area contributed by atoms with E-state index in [-0.39, 0.29) is 0 Å². The van der Waals surface area contributed by atoms with Crippen molar-refractivity contribution in [3.8, 4) is 0 Å². The van der Waals surface area contributed by atoms with Crippen molar-refractivity contribution in [2.45, 2.75) is 32.3 Å². The molecule has 1 N–H and O–H groups in total. The van der Waals surface area contributed by atoms with Gasteiger partial charge >= 0.3 is 0 Å². The molecule has 0 spiro atoms. The fourth-order valence-electron chi connectivity index (χ4n) is 1.12. The number of hydrogen-bond acceptors (Lipinski definition) is 1. The predicted molar refractivity (Wildman–Crippen MR) is 38.2 cm³/mol. The second-order valence-electron chi connectivity index (χ2n) is 3.11. The zero-order valence-corrected chi connectivity index (χ0v) is 6.09. The van der Waals surface area contributed by atoms with Crippen LogP contribution in [0.3, 0.4) is 0 Å². The molecular weight excluding hydrogens is 112 g/mol. The van der Waals surface area contributed by atoms with Gasteiger partial charge in [0.05, 0.1) is 5.60 Å². The first kappa shape index (κ1) is 6.81. The number of rotatable bonds is 0. The summed E-state index contributed by atoms with van der Waals surface area (Å²) in [6.07, 6.45) is 6.20. The monoisotopic (exact) mass is 126 g/mol. The minimum atomic E-state index is -0.543.